The summed E-state index contributed by atoms with van der Waals surface area (Å²) in [6.07, 6.45) is 4.60. The van der Waals surface area contributed by atoms with Crippen LogP contribution in [0, 0.1) is 6.92 Å². The van der Waals surface area contributed by atoms with Crippen molar-refractivity contribution < 1.29 is 14.7 Å². The SMILES string of the molecule is CCCc1c(CC(=O)O)c2cc(C)ccc2n1CNC(=O)c1ccc(-n2cnnc2)cc1Cl.c1ccccc1. The number of aryl methyl sites for hydroxylation is 1. The van der Waals surface area contributed by atoms with Gasteiger partial charge < -0.3 is 15.0 Å². The first kappa shape index (κ1) is 27.6. The number of hydrogen-bond acceptors (Lipinski definition) is 4. The molecule has 0 spiro atoms. The molecular weight excluding hydrogens is 514 g/mol. The number of carboxylic acid groups (broad SMARTS) is 1. The summed E-state index contributed by atoms with van der Waals surface area (Å²) in [7, 11) is 0. The van der Waals surface area contributed by atoms with Crippen LogP contribution in [-0.2, 0) is 24.3 Å². The van der Waals surface area contributed by atoms with Crippen LogP contribution in [0.1, 0.15) is 40.5 Å². The van der Waals surface area contributed by atoms with Crippen molar-refractivity contribution in [3.05, 3.63) is 113 Å². The second-order valence-electron chi connectivity index (χ2n) is 9.05. The molecule has 0 unspecified atom stereocenters. The largest absolute Gasteiger partial charge is 0.481 e. The number of amides is 1. The zero-order valence-corrected chi connectivity index (χ0v) is 22.6. The van der Waals surface area contributed by atoms with Gasteiger partial charge in [0.05, 0.1) is 29.2 Å². The fourth-order valence-electron chi connectivity index (χ4n) is 4.46. The van der Waals surface area contributed by atoms with Crippen molar-refractivity contribution in [2.24, 2.45) is 0 Å². The Hall–Kier alpha value is -4.43. The van der Waals surface area contributed by atoms with Crippen LogP contribution in [-0.4, -0.2) is 36.3 Å². The highest BCUT2D eigenvalue weighted by molar-refractivity contribution is 6.34. The van der Waals surface area contributed by atoms with Gasteiger partial charge in [0, 0.05) is 16.8 Å². The summed E-state index contributed by atoms with van der Waals surface area (Å²) < 4.78 is 3.69. The average Bonchev–Trinajstić information content (AvgIpc) is 3.56. The van der Waals surface area contributed by atoms with Crippen molar-refractivity contribution in [2.45, 2.75) is 39.8 Å². The number of carbonyl (C=O) groups is 2. The summed E-state index contributed by atoms with van der Waals surface area (Å²) in [5.41, 5.74) is 4.77. The van der Waals surface area contributed by atoms with E-state index >= 15 is 0 Å². The Labute approximate surface area is 231 Å². The Bertz CT molecular complexity index is 1540. The van der Waals surface area contributed by atoms with E-state index in [9.17, 15) is 14.7 Å². The van der Waals surface area contributed by atoms with Gasteiger partial charge in [-0.25, -0.2) is 0 Å². The molecule has 3 aromatic carbocycles. The molecule has 0 fully saturated rings. The molecule has 5 aromatic rings. The highest BCUT2D eigenvalue weighted by Gasteiger charge is 2.20. The van der Waals surface area contributed by atoms with Crippen molar-refractivity contribution in [2.75, 3.05) is 0 Å². The lowest BCUT2D eigenvalue weighted by Crippen LogP contribution is -2.27. The van der Waals surface area contributed by atoms with Gasteiger partial charge in [0.15, 0.2) is 0 Å². The molecule has 1 amide bonds. The molecule has 0 aliphatic rings. The summed E-state index contributed by atoms with van der Waals surface area (Å²) in [6.45, 7) is 4.23. The quantitative estimate of drug-likeness (QED) is 0.256. The zero-order valence-electron chi connectivity index (χ0n) is 21.8. The third kappa shape index (κ3) is 6.72. The van der Waals surface area contributed by atoms with Gasteiger partial charge in [-0.1, -0.05) is 73.0 Å². The van der Waals surface area contributed by atoms with Crippen LogP contribution in [0.2, 0.25) is 5.02 Å². The molecule has 0 bridgehead atoms. The van der Waals surface area contributed by atoms with Gasteiger partial charge in [-0.2, -0.15) is 0 Å². The molecule has 0 aliphatic carbocycles. The molecule has 0 atom stereocenters. The number of fused-ring (bicyclic) bond motifs is 1. The summed E-state index contributed by atoms with van der Waals surface area (Å²) in [5.74, 6) is -1.19. The van der Waals surface area contributed by atoms with Gasteiger partial charge in [-0.05, 0) is 49.2 Å². The number of carbonyl (C=O) groups excluding carboxylic acids is 1. The van der Waals surface area contributed by atoms with Gasteiger partial charge in [-0.3, -0.25) is 14.2 Å². The Balaban J connectivity index is 0.000000519. The Morgan fingerprint density at radius 1 is 0.974 bits per heavy atom. The van der Waals surface area contributed by atoms with Crippen molar-refractivity contribution in [1.29, 1.82) is 0 Å². The number of halogens is 1. The minimum Gasteiger partial charge on any atom is -0.481 e. The number of aliphatic carboxylic acids is 1. The smallest absolute Gasteiger partial charge is 0.307 e. The van der Waals surface area contributed by atoms with Gasteiger partial charge in [0.1, 0.15) is 12.7 Å². The fraction of sp³-hybridized carbons (Fsp3) is 0.200. The van der Waals surface area contributed by atoms with E-state index in [0.29, 0.717) is 17.0 Å². The molecule has 39 heavy (non-hydrogen) atoms. The van der Waals surface area contributed by atoms with Crippen LogP contribution in [0.5, 0.6) is 0 Å². The van der Waals surface area contributed by atoms with Crippen molar-refractivity contribution in [3.8, 4) is 5.69 Å². The van der Waals surface area contributed by atoms with Crippen LogP contribution in [0.4, 0.5) is 0 Å². The van der Waals surface area contributed by atoms with Crippen LogP contribution in [0.25, 0.3) is 16.6 Å². The second kappa shape index (κ2) is 12.9. The van der Waals surface area contributed by atoms with E-state index in [1.54, 1.807) is 35.4 Å². The number of carboxylic acids is 1. The maximum absolute atomic E-state index is 12.9. The Kier molecular flexibility index (Phi) is 9.12. The van der Waals surface area contributed by atoms with E-state index in [1.165, 1.54) is 0 Å². The number of nitrogens with one attached hydrogen (secondary N) is 1. The first-order chi connectivity index (χ1) is 18.9. The maximum Gasteiger partial charge on any atom is 0.307 e. The van der Waals surface area contributed by atoms with Crippen molar-refractivity contribution in [1.82, 2.24) is 24.6 Å². The summed E-state index contributed by atoms with van der Waals surface area (Å²) >= 11 is 6.39. The molecule has 0 aliphatic heterocycles. The molecule has 0 radical (unpaired) electrons. The molecule has 5 rings (SSSR count). The molecular formula is C30H30ClN5O3. The summed E-state index contributed by atoms with van der Waals surface area (Å²) in [6, 6.07) is 23.1. The fourth-order valence-corrected chi connectivity index (χ4v) is 4.72. The first-order valence-electron chi connectivity index (χ1n) is 12.6. The molecule has 8 nitrogen and oxygen atoms in total. The summed E-state index contributed by atoms with van der Waals surface area (Å²) in [4.78, 5) is 24.5. The van der Waals surface area contributed by atoms with E-state index in [-0.39, 0.29) is 19.0 Å². The number of hydrogen-bond donors (Lipinski definition) is 2. The van der Waals surface area contributed by atoms with E-state index in [0.717, 1.165) is 39.8 Å². The lowest BCUT2D eigenvalue weighted by atomic mass is 10.0. The normalized spacial score (nSPS) is 10.6. The summed E-state index contributed by atoms with van der Waals surface area (Å²) in [5, 5.41) is 21.2. The van der Waals surface area contributed by atoms with Gasteiger partial charge >= 0.3 is 5.97 Å². The minimum atomic E-state index is -0.878. The average molecular weight is 544 g/mol. The van der Waals surface area contributed by atoms with Crippen molar-refractivity contribution in [3.63, 3.8) is 0 Å². The molecule has 0 saturated heterocycles. The number of nitrogens with zero attached hydrogens (tertiary/aromatic N) is 4. The monoisotopic (exact) mass is 543 g/mol. The van der Waals surface area contributed by atoms with Crippen molar-refractivity contribution >= 4 is 34.4 Å². The lowest BCUT2D eigenvalue weighted by molar-refractivity contribution is -0.136. The third-order valence-electron chi connectivity index (χ3n) is 6.24. The zero-order chi connectivity index (χ0) is 27.8. The molecule has 2 N–H and O–H groups in total. The highest BCUT2D eigenvalue weighted by Crippen LogP contribution is 2.29. The lowest BCUT2D eigenvalue weighted by Gasteiger charge is -2.14. The van der Waals surface area contributed by atoms with Crippen LogP contribution < -0.4 is 5.32 Å². The number of aromatic nitrogens is 4. The van der Waals surface area contributed by atoms with E-state index in [2.05, 4.69) is 15.5 Å². The topological polar surface area (TPSA) is 102 Å². The molecule has 200 valence electrons. The number of rotatable bonds is 8. The van der Waals surface area contributed by atoms with E-state index in [4.69, 9.17) is 11.6 Å². The Morgan fingerprint density at radius 3 is 2.23 bits per heavy atom. The molecule has 0 saturated carbocycles. The molecule has 2 aromatic heterocycles. The van der Waals surface area contributed by atoms with E-state index in [1.807, 2.05) is 73.0 Å². The minimum absolute atomic E-state index is 0.0629. The Morgan fingerprint density at radius 2 is 1.64 bits per heavy atom. The van der Waals surface area contributed by atoms with Gasteiger partial charge in [0.2, 0.25) is 0 Å². The maximum atomic E-state index is 12.9. The van der Waals surface area contributed by atoms with Crippen LogP contribution in [0.15, 0.2) is 85.5 Å². The van der Waals surface area contributed by atoms with Gasteiger partial charge in [0.25, 0.3) is 5.91 Å². The van der Waals surface area contributed by atoms with E-state index < -0.39 is 5.97 Å². The van der Waals surface area contributed by atoms with Gasteiger partial charge in [-0.15, -0.1) is 10.2 Å². The standard InChI is InChI=1S/C24H24ClN5O3.C6H6/c1-3-4-21-19(11-23(31)32)18-9-15(2)5-8-22(18)30(21)12-26-24(33)17-7-6-16(10-20(17)25)29-13-27-28-14-29;1-2-4-6-5-3-1/h5-10,13-14H,3-4,11-12H2,1-2H3,(H,26,33)(H,31,32);1-6H. The third-order valence-corrected chi connectivity index (χ3v) is 6.55. The predicted octanol–water partition coefficient (Wildman–Crippen LogP) is 5.84. The van der Waals surface area contributed by atoms with Crippen LogP contribution in [0.3, 0.4) is 0 Å². The second-order valence-corrected chi connectivity index (χ2v) is 9.45. The van der Waals surface area contributed by atoms with Crippen LogP contribution >= 0.6 is 11.6 Å². The number of benzene rings is 3. The predicted molar refractivity (Wildman–Crippen MR) is 152 cm³/mol. The molecule has 2 heterocycles. The molecule has 9 heteroatoms. The highest BCUT2D eigenvalue weighted by atomic mass is 35.5. The first-order valence-corrected chi connectivity index (χ1v) is 13.0.